The Morgan fingerprint density at radius 1 is 1.07 bits per heavy atom. The van der Waals surface area contributed by atoms with Crippen LogP contribution in [-0.2, 0) is 20.9 Å². The molecule has 2 aromatic carbocycles. The smallest absolute Gasteiger partial charge is 0.316 e. The number of anilines is 1. The van der Waals surface area contributed by atoms with Crippen LogP contribution in [0.15, 0.2) is 47.4 Å². The topological polar surface area (TPSA) is 58.6 Å². The molecular formula is C21H26N2O3S. The Hall–Kier alpha value is -2.47. The summed E-state index contributed by atoms with van der Waals surface area (Å²) in [4.78, 5) is 26.8. The first-order chi connectivity index (χ1) is 12.8. The van der Waals surface area contributed by atoms with E-state index in [1.165, 1.54) is 11.8 Å². The molecule has 27 heavy (non-hydrogen) atoms. The van der Waals surface area contributed by atoms with Crippen molar-refractivity contribution < 1.29 is 14.3 Å². The Morgan fingerprint density at radius 2 is 1.78 bits per heavy atom. The molecule has 144 valence electrons. The van der Waals surface area contributed by atoms with Gasteiger partial charge in [-0.1, -0.05) is 29.8 Å². The highest BCUT2D eigenvalue weighted by atomic mass is 32.2. The third-order valence-corrected chi connectivity index (χ3v) is 5.13. The number of rotatable bonds is 8. The van der Waals surface area contributed by atoms with Gasteiger partial charge in [-0.05, 0) is 43.2 Å². The molecule has 0 spiro atoms. The number of hydrogen-bond donors (Lipinski definition) is 1. The number of nitrogens with zero attached hydrogens (tertiary/aromatic N) is 1. The molecule has 0 aliphatic heterocycles. The highest BCUT2D eigenvalue weighted by Crippen LogP contribution is 2.23. The highest BCUT2D eigenvalue weighted by molar-refractivity contribution is 8.00. The molecular weight excluding hydrogens is 360 g/mol. The maximum absolute atomic E-state index is 11.9. The molecule has 0 aliphatic carbocycles. The average molecular weight is 387 g/mol. The zero-order valence-corrected chi connectivity index (χ0v) is 17.1. The van der Waals surface area contributed by atoms with E-state index in [0.717, 1.165) is 27.3 Å². The van der Waals surface area contributed by atoms with E-state index in [1.54, 1.807) is 0 Å². The van der Waals surface area contributed by atoms with Crippen LogP contribution in [0.4, 0.5) is 5.69 Å². The molecule has 0 fully saturated rings. The lowest BCUT2D eigenvalue weighted by atomic mass is 10.2. The predicted molar refractivity (Wildman–Crippen MR) is 110 cm³/mol. The average Bonchev–Trinajstić information content (AvgIpc) is 2.65. The van der Waals surface area contributed by atoms with Crippen LogP contribution < -0.4 is 10.2 Å². The van der Waals surface area contributed by atoms with Gasteiger partial charge in [-0.15, -0.1) is 11.8 Å². The number of aryl methyl sites for hydroxylation is 2. The number of nitrogens with one attached hydrogen (secondary N) is 1. The summed E-state index contributed by atoms with van der Waals surface area (Å²) >= 11 is 1.42. The number of hydrogen-bond acceptors (Lipinski definition) is 5. The third kappa shape index (κ3) is 6.98. The summed E-state index contributed by atoms with van der Waals surface area (Å²) in [6.07, 6.45) is 0. The second-order valence-corrected chi connectivity index (χ2v) is 7.57. The van der Waals surface area contributed by atoms with Gasteiger partial charge in [0.2, 0.25) is 0 Å². The number of esters is 1. The Balaban J connectivity index is 1.70. The van der Waals surface area contributed by atoms with Gasteiger partial charge in [0.05, 0.1) is 5.75 Å². The maximum Gasteiger partial charge on any atom is 0.316 e. The van der Waals surface area contributed by atoms with Gasteiger partial charge in [-0.25, -0.2) is 0 Å². The fourth-order valence-electron chi connectivity index (χ4n) is 2.35. The van der Waals surface area contributed by atoms with E-state index in [0.29, 0.717) is 6.54 Å². The van der Waals surface area contributed by atoms with Gasteiger partial charge < -0.3 is 15.0 Å². The minimum absolute atomic E-state index is 0.184. The molecule has 2 rings (SSSR count). The quantitative estimate of drug-likeness (QED) is 0.557. The molecule has 6 heteroatoms. The highest BCUT2D eigenvalue weighted by Gasteiger charge is 2.09. The van der Waals surface area contributed by atoms with Crippen LogP contribution in [-0.4, -0.2) is 38.3 Å². The first-order valence-corrected chi connectivity index (χ1v) is 9.72. The van der Waals surface area contributed by atoms with Crippen LogP contribution in [0.3, 0.4) is 0 Å². The van der Waals surface area contributed by atoms with Gasteiger partial charge in [0.25, 0.3) is 5.91 Å². The molecule has 0 aromatic heterocycles. The zero-order chi connectivity index (χ0) is 19.8. The molecule has 0 atom stereocenters. The number of thioether (sulfide) groups is 1. The Bertz CT molecular complexity index is 789. The van der Waals surface area contributed by atoms with Crippen molar-refractivity contribution in [1.29, 1.82) is 0 Å². The predicted octanol–water partition coefficient (Wildman–Crippen LogP) is 3.32. The van der Waals surface area contributed by atoms with Gasteiger partial charge in [-0.3, -0.25) is 9.59 Å². The summed E-state index contributed by atoms with van der Waals surface area (Å²) in [7, 11) is 3.95. The van der Waals surface area contributed by atoms with Gasteiger partial charge in [0.15, 0.2) is 6.61 Å². The van der Waals surface area contributed by atoms with Crippen LogP contribution in [0.5, 0.6) is 0 Å². The second-order valence-electron chi connectivity index (χ2n) is 6.56. The number of ether oxygens (including phenoxy) is 1. The monoisotopic (exact) mass is 386 g/mol. The molecule has 0 radical (unpaired) electrons. The Kier molecular flexibility index (Phi) is 7.73. The molecule has 0 aliphatic rings. The van der Waals surface area contributed by atoms with Gasteiger partial charge in [0.1, 0.15) is 0 Å². The number of carbonyl (C=O) groups is 2. The first-order valence-electron chi connectivity index (χ1n) is 8.74. The van der Waals surface area contributed by atoms with Gasteiger partial charge in [0, 0.05) is 31.2 Å². The Morgan fingerprint density at radius 3 is 2.44 bits per heavy atom. The Labute approximate surface area is 165 Å². The van der Waals surface area contributed by atoms with E-state index in [2.05, 4.69) is 5.32 Å². The van der Waals surface area contributed by atoms with Crippen molar-refractivity contribution in [2.75, 3.05) is 31.4 Å². The lowest BCUT2D eigenvalue weighted by molar-refractivity contribution is -0.145. The molecule has 5 nitrogen and oxygen atoms in total. The lowest BCUT2D eigenvalue weighted by Gasteiger charge is -2.13. The molecule has 1 N–H and O–H groups in total. The summed E-state index contributed by atoms with van der Waals surface area (Å²) in [5, 5.41) is 2.76. The summed E-state index contributed by atoms with van der Waals surface area (Å²) in [5.74, 6) is -0.521. The number of carbonyl (C=O) groups excluding carboxylic acids is 2. The van der Waals surface area contributed by atoms with Crippen molar-refractivity contribution in [3.05, 3.63) is 59.2 Å². The number of amides is 1. The third-order valence-electron chi connectivity index (χ3n) is 4.00. The fraction of sp³-hybridized carbons (Fsp3) is 0.333. The molecule has 2 aromatic rings. The molecule has 1 amide bonds. The molecule has 0 heterocycles. The van der Waals surface area contributed by atoms with Crippen LogP contribution in [0.1, 0.15) is 16.7 Å². The van der Waals surface area contributed by atoms with E-state index >= 15 is 0 Å². The largest absolute Gasteiger partial charge is 0.455 e. The van der Waals surface area contributed by atoms with E-state index in [4.69, 9.17) is 4.74 Å². The summed E-state index contributed by atoms with van der Waals surface area (Å²) in [6.45, 7) is 4.16. The lowest BCUT2D eigenvalue weighted by Crippen LogP contribution is -2.28. The van der Waals surface area contributed by atoms with Crippen molar-refractivity contribution >= 4 is 29.3 Å². The minimum Gasteiger partial charge on any atom is -0.455 e. The van der Waals surface area contributed by atoms with Crippen molar-refractivity contribution in [1.82, 2.24) is 5.32 Å². The molecule has 0 unspecified atom stereocenters. The molecule has 0 bridgehead atoms. The maximum atomic E-state index is 11.9. The van der Waals surface area contributed by atoms with E-state index in [1.807, 2.05) is 75.3 Å². The molecule has 0 saturated heterocycles. The zero-order valence-electron chi connectivity index (χ0n) is 16.2. The first kappa shape index (κ1) is 20.8. The standard InChI is InChI=1S/C21H26N2O3S/c1-15-5-6-16(2)19(11-15)27-14-21(25)26-13-20(24)22-12-17-7-9-18(10-8-17)23(3)4/h5-11H,12-14H2,1-4H3,(H,22,24). The van der Waals surface area contributed by atoms with Gasteiger partial charge >= 0.3 is 5.97 Å². The molecule has 0 saturated carbocycles. The minimum atomic E-state index is -0.397. The van der Waals surface area contributed by atoms with Gasteiger partial charge in [-0.2, -0.15) is 0 Å². The van der Waals surface area contributed by atoms with Crippen LogP contribution >= 0.6 is 11.8 Å². The van der Waals surface area contributed by atoms with Crippen LogP contribution in [0, 0.1) is 13.8 Å². The van der Waals surface area contributed by atoms with Crippen molar-refractivity contribution in [3.63, 3.8) is 0 Å². The fourth-order valence-corrected chi connectivity index (χ4v) is 3.27. The SMILES string of the molecule is Cc1ccc(C)c(SCC(=O)OCC(=O)NCc2ccc(N(C)C)cc2)c1. The van der Waals surface area contributed by atoms with Crippen molar-refractivity contribution in [2.45, 2.75) is 25.3 Å². The summed E-state index contributed by atoms with van der Waals surface area (Å²) in [5.41, 5.74) is 4.36. The summed E-state index contributed by atoms with van der Waals surface area (Å²) < 4.78 is 5.06. The van der Waals surface area contributed by atoms with E-state index < -0.39 is 5.97 Å². The summed E-state index contributed by atoms with van der Waals surface area (Å²) in [6, 6.07) is 14.0. The van der Waals surface area contributed by atoms with Crippen LogP contribution in [0.25, 0.3) is 0 Å². The number of benzene rings is 2. The van der Waals surface area contributed by atoms with E-state index in [9.17, 15) is 9.59 Å². The van der Waals surface area contributed by atoms with Crippen LogP contribution in [0.2, 0.25) is 0 Å². The second kappa shape index (κ2) is 10.0. The normalized spacial score (nSPS) is 10.4. The van der Waals surface area contributed by atoms with E-state index in [-0.39, 0.29) is 18.3 Å². The van der Waals surface area contributed by atoms with Crippen molar-refractivity contribution in [3.8, 4) is 0 Å². The van der Waals surface area contributed by atoms with Crippen molar-refractivity contribution in [2.24, 2.45) is 0 Å².